The molecular weight excluding hydrogens is 228 g/mol. The maximum absolute atomic E-state index is 10.7. The number of carboxylic acid groups (broad SMARTS) is 2. The van der Waals surface area contributed by atoms with Crippen LogP contribution >= 0.6 is 0 Å². The highest BCUT2D eigenvalue weighted by Crippen LogP contribution is 2.26. The zero-order valence-corrected chi connectivity index (χ0v) is 9.60. The van der Waals surface area contributed by atoms with Crippen molar-refractivity contribution in [2.45, 2.75) is 19.6 Å². The molecule has 0 spiro atoms. The smallest absolute Gasteiger partial charge is 0.331 e. The molecule has 0 unspecified atom stereocenters. The monoisotopic (exact) mass is 242 g/mol. The van der Waals surface area contributed by atoms with E-state index in [0.717, 1.165) is 0 Å². The molecule has 94 valence electrons. The molecule has 0 amide bonds. The van der Waals surface area contributed by atoms with Crippen molar-refractivity contribution in [2.24, 2.45) is 0 Å². The van der Waals surface area contributed by atoms with Gasteiger partial charge in [-0.05, 0) is 26.0 Å². The lowest BCUT2D eigenvalue weighted by atomic mass is 10.1. The van der Waals surface area contributed by atoms with Crippen LogP contribution in [0.25, 0.3) is 0 Å². The lowest BCUT2D eigenvalue weighted by Gasteiger charge is -2.20. The van der Waals surface area contributed by atoms with E-state index in [1.807, 2.05) is 0 Å². The van der Waals surface area contributed by atoms with Crippen LogP contribution in [0.1, 0.15) is 13.8 Å². The molecule has 17 heavy (non-hydrogen) atoms. The third-order valence-corrected chi connectivity index (χ3v) is 2.25. The van der Waals surface area contributed by atoms with Crippen molar-refractivity contribution in [3.05, 3.63) is 23.3 Å². The van der Waals surface area contributed by atoms with Crippen molar-refractivity contribution in [3.63, 3.8) is 0 Å². The first kappa shape index (κ1) is 13.4. The number of carbonyl (C=O) groups is 2. The van der Waals surface area contributed by atoms with Crippen LogP contribution in [0.4, 0.5) is 0 Å². The molecule has 0 aliphatic carbocycles. The lowest BCUT2D eigenvalue weighted by molar-refractivity contribution is -0.133. The number of carboxylic acids is 2. The highest BCUT2D eigenvalue weighted by Gasteiger charge is 2.33. The Labute approximate surface area is 98.1 Å². The van der Waals surface area contributed by atoms with Gasteiger partial charge in [-0.2, -0.15) is 0 Å². The Balaban J connectivity index is 3.07. The van der Waals surface area contributed by atoms with Gasteiger partial charge in [-0.1, -0.05) is 0 Å². The highest BCUT2D eigenvalue weighted by molar-refractivity contribution is 5.87. The molecule has 0 aromatic heterocycles. The van der Waals surface area contributed by atoms with Gasteiger partial charge in [-0.3, -0.25) is 0 Å². The minimum Gasteiger partial charge on any atom is -0.478 e. The van der Waals surface area contributed by atoms with Crippen molar-refractivity contribution in [1.82, 2.24) is 0 Å². The summed E-state index contributed by atoms with van der Waals surface area (Å²) >= 11 is 0. The van der Waals surface area contributed by atoms with Crippen molar-refractivity contribution >= 4 is 11.9 Å². The number of ether oxygens (including phenoxy) is 2. The van der Waals surface area contributed by atoms with Crippen molar-refractivity contribution in [1.29, 1.82) is 0 Å². The van der Waals surface area contributed by atoms with Crippen molar-refractivity contribution in [3.8, 4) is 0 Å². The van der Waals surface area contributed by atoms with E-state index in [1.54, 1.807) is 0 Å². The first-order chi connectivity index (χ1) is 7.86. The Morgan fingerprint density at radius 2 is 1.35 bits per heavy atom. The first-order valence-corrected chi connectivity index (χ1v) is 5.00. The minimum absolute atomic E-state index is 0.0290. The van der Waals surface area contributed by atoms with Crippen LogP contribution < -0.4 is 0 Å². The van der Waals surface area contributed by atoms with E-state index >= 15 is 0 Å². The quantitative estimate of drug-likeness (QED) is 0.708. The molecule has 1 aliphatic heterocycles. The second kappa shape index (κ2) is 5.11. The summed E-state index contributed by atoms with van der Waals surface area (Å²) in [5.74, 6) is -3.60. The summed E-state index contributed by atoms with van der Waals surface area (Å²) in [6.07, 6.45) is 2.52. The van der Waals surface area contributed by atoms with Gasteiger partial charge in [0.05, 0.1) is 13.2 Å². The van der Waals surface area contributed by atoms with Gasteiger partial charge < -0.3 is 19.7 Å². The molecule has 6 heteroatoms. The van der Waals surface area contributed by atoms with Gasteiger partial charge in [0.2, 0.25) is 5.79 Å². The van der Waals surface area contributed by atoms with Crippen LogP contribution in [-0.2, 0) is 19.1 Å². The predicted octanol–water partition coefficient (Wildman–Crippen LogP) is 0.791. The van der Waals surface area contributed by atoms with E-state index in [0.29, 0.717) is 0 Å². The van der Waals surface area contributed by atoms with Crippen LogP contribution in [0.3, 0.4) is 0 Å². The molecule has 6 nitrogen and oxygen atoms in total. The molecule has 0 atom stereocenters. The third-order valence-electron chi connectivity index (χ3n) is 2.25. The van der Waals surface area contributed by atoms with E-state index in [9.17, 15) is 9.59 Å². The Kier molecular flexibility index (Phi) is 4.03. The fourth-order valence-electron chi connectivity index (χ4n) is 1.38. The molecule has 1 aliphatic rings. The predicted molar refractivity (Wildman–Crippen MR) is 57.4 cm³/mol. The fourth-order valence-corrected chi connectivity index (χ4v) is 1.38. The van der Waals surface area contributed by atoms with Crippen LogP contribution in [-0.4, -0.2) is 41.2 Å². The molecule has 1 fully saturated rings. The molecule has 0 radical (unpaired) electrons. The number of aliphatic carboxylic acids is 2. The van der Waals surface area contributed by atoms with Crippen LogP contribution in [0.5, 0.6) is 0 Å². The van der Waals surface area contributed by atoms with E-state index in [-0.39, 0.29) is 24.4 Å². The summed E-state index contributed by atoms with van der Waals surface area (Å²) in [4.78, 5) is 21.5. The normalized spacial score (nSPS) is 20.4. The number of hydrogen-bond donors (Lipinski definition) is 2. The second-order valence-electron chi connectivity index (χ2n) is 3.68. The highest BCUT2D eigenvalue weighted by atomic mass is 16.7. The SMILES string of the molecule is CC(=CC1(C=C(C)C(=O)O)OCCO1)C(=O)O. The Hall–Kier alpha value is -1.66. The summed E-state index contributed by atoms with van der Waals surface area (Å²) in [7, 11) is 0. The standard InChI is InChI=1S/C11H14O6/c1-7(9(12)13)5-11(16-3-4-17-11)6-8(2)10(14)15/h5-6H,3-4H2,1-2H3,(H,12,13)(H,14,15). The first-order valence-electron chi connectivity index (χ1n) is 5.00. The molecule has 0 saturated carbocycles. The van der Waals surface area contributed by atoms with Gasteiger partial charge in [-0.25, -0.2) is 9.59 Å². The Morgan fingerprint density at radius 3 is 1.65 bits per heavy atom. The summed E-state index contributed by atoms with van der Waals surface area (Å²) in [6.45, 7) is 3.34. The molecule has 0 bridgehead atoms. The van der Waals surface area contributed by atoms with Gasteiger partial charge in [0.1, 0.15) is 0 Å². The molecule has 2 N–H and O–H groups in total. The summed E-state index contributed by atoms with van der Waals surface area (Å²) < 4.78 is 10.6. The number of rotatable bonds is 4. The van der Waals surface area contributed by atoms with Gasteiger partial charge in [0, 0.05) is 11.1 Å². The summed E-state index contributed by atoms with van der Waals surface area (Å²) in [6, 6.07) is 0. The molecule has 0 aromatic rings. The average Bonchev–Trinajstić information content (AvgIpc) is 2.66. The largest absolute Gasteiger partial charge is 0.478 e. The average molecular weight is 242 g/mol. The molecule has 1 saturated heterocycles. The zero-order valence-electron chi connectivity index (χ0n) is 9.60. The second-order valence-corrected chi connectivity index (χ2v) is 3.68. The van der Waals surface area contributed by atoms with Crippen molar-refractivity contribution < 1.29 is 29.3 Å². The van der Waals surface area contributed by atoms with Crippen molar-refractivity contribution in [2.75, 3.05) is 13.2 Å². The van der Waals surface area contributed by atoms with E-state index in [1.165, 1.54) is 26.0 Å². The van der Waals surface area contributed by atoms with E-state index in [4.69, 9.17) is 19.7 Å². The molecule has 0 aromatic carbocycles. The van der Waals surface area contributed by atoms with Crippen LogP contribution in [0.2, 0.25) is 0 Å². The number of hydrogen-bond acceptors (Lipinski definition) is 4. The fraction of sp³-hybridized carbons (Fsp3) is 0.455. The van der Waals surface area contributed by atoms with Crippen LogP contribution in [0.15, 0.2) is 23.3 Å². The van der Waals surface area contributed by atoms with Gasteiger partial charge >= 0.3 is 11.9 Å². The van der Waals surface area contributed by atoms with Gasteiger partial charge in [0.15, 0.2) is 0 Å². The van der Waals surface area contributed by atoms with Gasteiger partial charge in [-0.15, -0.1) is 0 Å². The molecule has 1 rings (SSSR count). The topological polar surface area (TPSA) is 93.1 Å². The molecule has 1 heterocycles. The minimum atomic E-state index is -1.38. The van der Waals surface area contributed by atoms with E-state index < -0.39 is 17.7 Å². The summed E-state index contributed by atoms with van der Waals surface area (Å²) in [5.41, 5.74) is 0.0580. The van der Waals surface area contributed by atoms with Crippen LogP contribution in [0, 0.1) is 0 Å². The Bertz CT molecular complexity index is 355. The molecular formula is C11H14O6. The summed E-state index contributed by atoms with van der Waals surface area (Å²) in [5, 5.41) is 17.6. The van der Waals surface area contributed by atoms with E-state index in [2.05, 4.69) is 0 Å². The maximum atomic E-state index is 10.7. The third kappa shape index (κ3) is 3.40. The zero-order chi connectivity index (χ0) is 13.1. The lowest BCUT2D eigenvalue weighted by Crippen LogP contribution is -2.27. The maximum Gasteiger partial charge on any atom is 0.331 e. The van der Waals surface area contributed by atoms with Gasteiger partial charge in [0.25, 0.3) is 0 Å². The Morgan fingerprint density at radius 1 is 1.00 bits per heavy atom.